The Labute approximate surface area is 171 Å². The van der Waals surface area contributed by atoms with Gasteiger partial charge in [-0.25, -0.2) is 9.97 Å². The molecule has 0 saturated carbocycles. The van der Waals surface area contributed by atoms with Crippen molar-refractivity contribution < 1.29 is 4.79 Å². The third-order valence-electron chi connectivity index (χ3n) is 5.69. The van der Waals surface area contributed by atoms with Crippen molar-refractivity contribution in [2.24, 2.45) is 5.92 Å². The number of nitrogens with zero attached hydrogens (tertiary/aromatic N) is 5. The van der Waals surface area contributed by atoms with E-state index in [1.165, 1.54) is 17.4 Å². The number of thiazole rings is 1. The summed E-state index contributed by atoms with van der Waals surface area (Å²) in [5.74, 6) is 0.849. The summed E-state index contributed by atoms with van der Waals surface area (Å²) in [7, 11) is 0. The predicted octanol–water partition coefficient (Wildman–Crippen LogP) is 1.58. The fourth-order valence-corrected chi connectivity index (χ4v) is 5.08. The highest BCUT2D eigenvalue weighted by molar-refractivity contribution is 7.09. The highest BCUT2D eigenvalue weighted by Crippen LogP contribution is 2.42. The number of carbonyl (C=O) groups excluding carboxylic acids is 1. The van der Waals surface area contributed by atoms with Crippen molar-refractivity contribution in [2.75, 3.05) is 18.0 Å². The van der Waals surface area contributed by atoms with Crippen LogP contribution in [0.3, 0.4) is 0 Å². The van der Waals surface area contributed by atoms with Gasteiger partial charge < -0.3 is 10.2 Å². The van der Waals surface area contributed by atoms with Crippen LogP contribution in [0, 0.1) is 5.92 Å². The maximum absolute atomic E-state index is 13.2. The molecule has 1 amide bonds. The van der Waals surface area contributed by atoms with Crippen LogP contribution >= 0.6 is 11.3 Å². The summed E-state index contributed by atoms with van der Waals surface area (Å²) in [4.78, 5) is 40.9. The van der Waals surface area contributed by atoms with Gasteiger partial charge in [0.2, 0.25) is 5.91 Å². The molecule has 0 unspecified atom stereocenters. The number of piperidine rings is 1. The Bertz CT molecular complexity index is 1070. The van der Waals surface area contributed by atoms with Crippen LogP contribution in [0.4, 0.5) is 5.82 Å². The summed E-state index contributed by atoms with van der Waals surface area (Å²) in [6, 6.07) is 4.73. The molecule has 0 spiro atoms. The highest BCUT2D eigenvalue weighted by atomic mass is 32.1. The second kappa shape index (κ2) is 7.40. The van der Waals surface area contributed by atoms with E-state index in [-0.39, 0.29) is 23.3 Å². The molecule has 3 aromatic heterocycles. The van der Waals surface area contributed by atoms with E-state index in [0.29, 0.717) is 13.1 Å². The Morgan fingerprint density at radius 1 is 1.21 bits per heavy atom. The molecule has 3 aromatic rings. The van der Waals surface area contributed by atoms with Gasteiger partial charge in [0.15, 0.2) is 0 Å². The molecule has 0 aliphatic carbocycles. The Hall–Kier alpha value is -3.07. The minimum absolute atomic E-state index is 0.0136. The maximum atomic E-state index is 13.2. The quantitative estimate of drug-likeness (QED) is 0.705. The van der Waals surface area contributed by atoms with Crippen molar-refractivity contribution in [3.63, 3.8) is 0 Å². The highest BCUT2D eigenvalue weighted by Gasteiger charge is 2.44. The number of carbonyl (C=O) groups is 1. The molecule has 148 valence electrons. The number of hydrogen-bond acceptors (Lipinski definition) is 7. The van der Waals surface area contributed by atoms with Crippen LogP contribution in [-0.2, 0) is 11.3 Å². The molecule has 8 nitrogen and oxygen atoms in total. The van der Waals surface area contributed by atoms with Crippen LogP contribution in [-0.4, -0.2) is 38.5 Å². The van der Waals surface area contributed by atoms with E-state index in [1.807, 2.05) is 11.4 Å². The molecule has 1 fully saturated rings. The summed E-state index contributed by atoms with van der Waals surface area (Å²) < 4.78 is 1.70. The van der Waals surface area contributed by atoms with Gasteiger partial charge in [-0.15, -0.1) is 11.3 Å². The number of aromatic nitrogens is 4. The topological polar surface area (TPSA) is 93.0 Å². The summed E-state index contributed by atoms with van der Waals surface area (Å²) in [6.45, 7) is 1.78. The monoisotopic (exact) mass is 408 g/mol. The number of fused-ring (bicyclic) bond motifs is 4. The van der Waals surface area contributed by atoms with Crippen LogP contribution in [0.1, 0.15) is 29.1 Å². The lowest BCUT2D eigenvalue weighted by molar-refractivity contribution is -0.127. The SMILES string of the molecule is O=C(NCc1nccs1)[C@H]1[C@@H]2C[C@@H](CN(c3cnccn3)C2)c2cccc(=O)n21. The first kappa shape index (κ1) is 18.0. The van der Waals surface area contributed by atoms with Crippen LogP contribution in [0.5, 0.6) is 0 Å². The van der Waals surface area contributed by atoms with Crippen molar-refractivity contribution >= 4 is 23.1 Å². The van der Waals surface area contributed by atoms with E-state index in [2.05, 4.69) is 25.2 Å². The molecule has 0 aromatic carbocycles. The predicted molar refractivity (Wildman–Crippen MR) is 109 cm³/mol. The van der Waals surface area contributed by atoms with Crippen molar-refractivity contribution in [2.45, 2.75) is 24.9 Å². The standard InChI is InChI=1S/C20H20N6O2S/c27-18-3-1-2-15-13-8-14(12-25(11-13)16-9-21-4-5-22-16)19(26(15)18)20(28)24-10-17-23-6-7-29-17/h1-7,9,13-14,19H,8,10-12H2,(H,24,28)/t13-,14+,19+/m0/s1. The molecular weight excluding hydrogens is 388 g/mol. The zero-order chi connectivity index (χ0) is 19.8. The second-order valence-electron chi connectivity index (χ2n) is 7.41. The number of pyridine rings is 1. The maximum Gasteiger partial charge on any atom is 0.251 e. The fraction of sp³-hybridized carbons (Fsp3) is 0.350. The number of rotatable bonds is 4. The lowest BCUT2D eigenvalue weighted by Crippen LogP contribution is -2.53. The van der Waals surface area contributed by atoms with E-state index < -0.39 is 6.04 Å². The van der Waals surface area contributed by atoms with E-state index in [0.717, 1.165) is 29.5 Å². The molecule has 2 aliphatic rings. The smallest absolute Gasteiger partial charge is 0.251 e. The van der Waals surface area contributed by atoms with E-state index in [1.54, 1.807) is 35.4 Å². The first-order valence-corrected chi connectivity index (χ1v) is 10.5. The van der Waals surface area contributed by atoms with E-state index in [9.17, 15) is 9.59 Å². The van der Waals surface area contributed by atoms with E-state index in [4.69, 9.17) is 0 Å². The van der Waals surface area contributed by atoms with Crippen molar-refractivity contribution in [1.29, 1.82) is 0 Å². The molecule has 5 rings (SSSR count). The third kappa shape index (κ3) is 3.31. The largest absolute Gasteiger partial charge is 0.354 e. The second-order valence-corrected chi connectivity index (χ2v) is 8.39. The van der Waals surface area contributed by atoms with E-state index >= 15 is 0 Å². The minimum atomic E-state index is -0.547. The Balaban J connectivity index is 1.49. The molecule has 2 bridgehead atoms. The Morgan fingerprint density at radius 2 is 2.14 bits per heavy atom. The van der Waals surface area contributed by atoms with Crippen molar-refractivity contribution in [1.82, 2.24) is 24.8 Å². The molecule has 2 aliphatic heterocycles. The van der Waals surface area contributed by atoms with Gasteiger partial charge >= 0.3 is 0 Å². The summed E-state index contributed by atoms with van der Waals surface area (Å²) in [5, 5.41) is 5.71. The lowest BCUT2D eigenvalue weighted by Gasteiger charge is -2.46. The fourth-order valence-electron chi connectivity index (χ4n) is 4.52. The van der Waals surface area contributed by atoms with Crippen LogP contribution in [0.15, 0.2) is 53.2 Å². The Kier molecular flexibility index (Phi) is 4.59. The average molecular weight is 408 g/mol. The van der Waals surface area contributed by atoms with Gasteiger partial charge in [-0.3, -0.25) is 19.1 Å². The zero-order valence-electron chi connectivity index (χ0n) is 15.6. The van der Waals surface area contributed by atoms with Crippen LogP contribution in [0.25, 0.3) is 0 Å². The van der Waals surface area contributed by atoms with Crippen molar-refractivity contribution in [3.05, 3.63) is 69.4 Å². The number of hydrogen-bond donors (Lipinski definition) is 1. The van der Waals surface area contributed by atoms with Crippen LogP contribution < -0.4 is 15.8 Å². The molecule has 1 N–H and O–H groups in total. The summed E-state index contributed by atoms with van der Waals surface area (Å²) >= 11 is 1.50. The lowest BCUT2D eigenvalue weighted by atomic mass is 9.78. The van der Waals surface area contributed by atoms with Gasteiger partial charge in [-0.05, 0) is 12.5 Å². The molecule has 1 saturated heterocycles. The third-order valence-corrected chi connectivity index (χ3v) is 6.47. The molecule has 29 heavy (non-hydrogen) atoms. The zero-order valence-corrected chi connectivity index (χ0v) is 16.5. The summed E-state index contributed by atoms with van der Waals surface area (Å²) in [5.41, 5.74) is 0.788. The van der Waals surface area contributed by atoms with Gasteiger partial charge in [0.1, 0.15) is 16.9 Å². The number of anilines is 1. The van der Waals surface area contributed by atoms with Gasteiger partial charge in [-0.2, -0.15) is 0 Å². The van der Waals surface area contributed by atoms with Gasteiger partial charge in [0, 0.05) is 60.7 Å². The normalized spacial score (nSPS) is 22.8. The minimum Gasteiger partial charge on any atom is -0.354 e. The number of nitrogens with one attached hydrogen (secondary N) is 1. The number of amides is 1. The molecule has 0 radical (unpaired) electrons. The summed E-state index contributed by atoms with van der Waals surface area (Å²) in [6.07, 6.45) is 7.66. The molecule has 3 atom stereocenters. The van der Waals surface area contributed by atoms with Crippen molar-refractivity contribution in [3.8, 4) is 0 Å². The molecule has 9 heteroatoms. The average Bonchev–Trinajstić information content (AvgIpc) is 3.27. The molecular formula is C20H20N6O2S. The first-order valence-electron chi connectivity index (χ1n) is 9.59. The van der Waals surface area contributed by atoms with Gasteiger partial charge in [-0.1, -0.05) is 6.07 Å². The van der Waals surface area contributed by atoms with Crippen LogP contribution in [0.2, 0.25) is 0 Å². The van der Waals surface area contributed by atoms with Gasteiger partial charge in [0.05, 0.1) is 12.7 Å². The Morgan fingerprint density at radius 3 is 2.93 bits per heavy atom. The molecule has 5 heterocycles. The van der Waals surface area contributed by atoms with Gasteiger partial charge in [0.25, 0.3) is 5.56 Å². The first-order chi connectivity index (χ1) is 14.2.